The van der Waals surface area contributed by atoms with E-state index in [9.17, 15) is 0 Å². The first-order chi connectivity index (χ1) is 11.2. The third-order valence-corrected chi connectivity index (χ3v) is 8.29. The van der Waals surface area contributed by atoms with E-state index in [2.05, 4.69) is 0 Å². The molecule has 2 rings (SSSR count). The summed E-state index contributed by atoms with van der Waals surface area (Å²) in [5.74, 6) is 0.860. The lowest BCUT2D eigenvalue weighted by molar-refractivity contribution is 0.317. The maximum atomic E-state index is 5.73. The normalized spacial score (nSPS) is 11.4. The summed E-state index contributed by atoms with van der Waals surface area (Å²) in [6, 6.07) is 14.5. The Labute approximate surface area is 173 Å². The largest absolute Gasteiger partial charge is 0.494 e. The maximum Gasteiger partial charge on any atom is 0.372 e. The Bertz CT molecular complexity index is 572. The van der Waals surface area contributed by atoms with Crippen molar-refractivity contribution in [3.05, 3.63) is 60.7 Å². The zero-order valence-electron chi connectivity index (χ0n) is 12.6. The molecule has 0 atom stereocenters. The molecule has 0 aliphatic carbocycles. The molecule has 0 aliphatic heterocycles. The van der Waals surface area contributed by atoms with Crippen molar-refractivity contribution in [1.29, 1.82) is 0 Å². The van der Waals surface area contributed by atoms with Gasteiger partial charge in [0.05, 0.1) is 6.61 Å². The molecule has 1 nitrogen and oxygen atoms in total. The Morgan fingerprint density at radius 2 is 1.21 bits per heavy atom. The van der Waals surface area contributed by atoms with Crippen LogP contribution in [0, 0.1) is 0 Å². The van der Waals surface area contributed by atoms with Crippen LogP contribution < -0.4 is 9.92 Å². The van der Waals surface area contributed by atoms with Crippen molar-refractivity contribution in [2.24, 2.45) is 0 Å². The fourth-order valence-corrected chi connectivity index (χ4v) is 5.06. The highest BCUT2D eigenvalue weighted by Crippen LogP contribution is 2.26. The van der Waals surface area contributed by atoms with Gasteiger partial charge in [-0.25, -0.2) is 0 Å². The smallest absolute Gasteiger partial charge is 0.372 e. The second-order valence-electron chi connectivity index (χ2n) is 4.74. The molecule has 0 aromatic heterocycles. The SMILES string of the molecule is Cl[Si](Cl)(Cl)CCCOc1ccccc1.Cl[Si](Cl)(Cl)c1ccccc1. The predicted octanol–water partition coefficient (Wildman–Crippen LogP) is 6.66. The van der Waals surface area contributed by atoms with Crippen LogP contribution >= 0.6 is 66.5 Å². The zero-order valence-corrected chi connectivity index (χ0v) is 19.1. The summed E-state index contributed by atoms with van der Waals surface area (Å²) in [6.45, 7) is 0.602. The van der Waals surface area contributed by atoms with E-state index in [-0.39, 0.29) is 0 Å². The van der Waals surface area contributed by atoms with Gasteiger partial charge in [0.25, 0.3) is 0 Å². The van der Waals surface area contributed by atoms with Gasteiger partial charge in [0.2, 0.25) is 0 Å². The second kappa shape index (κ2) is 11.2. The van der Waals surface area contributed by atoms with Crippen molar-refractivity contribution in [3.63, 3.8) is 0 Å². The van der Waals surface area contributed by atoms with Gasteiger partial charge in [-0.2, -0.15) is 0 Å². The molecule has 0 unspecified atom stereocenters. The molecule has 2 aromatic carbocycles. The summed E-state index contributed by atoms with van der Waals surface area (Å²) in [5, 5.41) is 0.833. The maximum absolute atomic E-state index is 5.73. The number of rotatable bonds is 6. The monoisotopic (exact) mass is 478 g/mol. The van der Waals surface area contributed by atoms with Crippen LogP contribution in [0.5, 0.6) is 5.75 Å². The van der Waals surface area contributed by atoms with Crippen molar-refractivity contribution in [3.8, 4) is 5.75 Å². The number of benzene rings is 2. The Hall–Kier alpha value is 0.414. The minimum atomic E-state index is -2.62. The molecule has 0 fully saturated rings. The summed E-state index contributed by atoms with van der Waals surface area (Å²) >= 11 is 34.4. The van der Waals surface area contributed by atoms with E-state index >= 15 is 0 Å². The molecule has 0 spiro atoms. The third kappa shape index (κ3) is 11.1. The standard InChI is InChI=1S/C9H11Cl3OSi.C6H5Cl3Si/c10-14(11,12)8-4-7-13-9-5-2-1-3-6-9;7-10(8,9)6-4-2-1-3-5-6/h1-3,5-6H,4,7-8H2;1-5H. The summed E-state index contributed by atoms with van der Waals surface area (Å²) in [4.78, 5) is 0. The van der Waals surface area contributed by atoms with Crippen LogP contribution in [0.1, 0.15) is 6.42 Å². The summed E-state index contributed by atoms with van der Waals surface area (Å²) in [7, 11) is 0. The van der Waals surface area contributed by atoms with Gasteiger partial charge in [-0.1, -0.05) is 48.5 Å². The van der Waals surface area contributed by atoms with E-state index in [1.165, 1.54) is 0 Å². The molecule has 0 radical (unpaired) electrons. The summed E-state index contributed by atoms with van der Waals surface area (Å²) < 4.78 is 5.45. The van der Waals surface area contributed by atoms with Crippen LogP contribution in [-0.4, -0.2) is 18.6 Å². The molecule has 9 heteroatoms. The molecule has 0 amide bonds. The molecule has 132 valence electrons. The molecule has 24 heavy (non-hydrogen) atoms. The van der Waals surface area contributed by atoms with E-state index in [4.69, 9.17) is 71.2 Å². The number of ether oxygens (including phenoxy) is 1. The molecule has 0 N–H and O–H groups in total. The lowest BCUT2D eigenvalue weighted by Crippen LogP contribution is -2.29. The number of hydrogen-bond acceptors (Lipinski definition) is 1. The van der Waals surface area contributed by atoms with Crippen molar-refractivity contribution >= 4 is 83.7 Å². The minimum absolute atomic E-state index is 0.602. The van der Waals surface area contributed by atoms with Crippen LogP contribution in [0.15, 0.2) is 60.7 Å². The van der Waals surface area contributed by atoms with Crippen LogP contribution in [0.25, 0.3) is 0 Å². The molecule has 0 saturated heterocycles. The second-order valence-corrected chi connectivity index (χ2v) is 22.4. The zero-order chi connectivity index (χ0) is 18.1. The van der Waals surface area contributed by atoms with Crippen molar-refractivity contribution in [2.75, 3.05) is 6.61 Å². The van der Waals surface area contributed by atoms with E-state index in [1.54, 1.807) is 0 Å². The average Bonchev–Trinajstić information content (AvgIpc) is 2.52. The quantitative estimate of drug-likeness (QED) is 0.255. The highest BCUT2D eigenvalue weighted by atomic mass is 35.8. The lowest BCUT2D eigenvalue weighted by Gasteiger charge is -2.08. The van der Waals surface area contributed by atoms with E-state index in [1.807, 2.05) is 60.7 Å². The Morgan fingerprint density at radius 1 is 0.708 bits per heavy atom. The predicted molar refractivity (Wildman–Crippen MR) is 114 cm³/mol. The summed E-state index contributed by atoms with van der Waals surface area (Å²) in [5.41, 5.74) is 0. The van der Waals surface area contributed by atoms with Crippen LogP contribution in [0.4, 0.5) is 0 Å². The lowest BCUT2D eigenvalue weighted by atomic mass is 10.3. The molecule has 0 saturated carbocycles. The Kier molecular flexibility index (Phi) is 10.5. The molecular weight excluding hydrogens is 465 g/mol. The van der Waals surface area contributed by atoms with Crippen molar-refractivity contribution in [1.82, 2.24) is 0 Å². The van der Waals surface area contributed by atoms with Gasteiger partial charge in [0.1, 0.15) is 5.75 Å². The van der Waals surface area contributed by atoms with Gasteiger partial charge in [0.15, 0.2) is 0 Å². The van der Waals surface area contributed by atoms with Gasteiger partial charge >= 0.3 is 12.0 Å². The third-order valence-electron chi connectivity index (χ3n) is 2.72. The molecule has 0 bridgehead atoms. The first kappa shape index (κ1) is 22.5. The van der Waals surface area contributed by atoms with Crippen molar-refractivity contribution < 1.29 is 4.74 Å². The van der Waals surface area contributed by atoms with E-state index < -0.39 is 12.0 Å². The van der Waals surface area contributed by atoms with Crippen LogP contribution in [-0.2, 0) is 0 Å². The molecular formula is C15H16Cl6OSi2. The van der Waals surface area contributed by atoms with Gasteiger partial charge in [-0.15, -0.1) is 66.5 Å². The van der Waals surface area contributed by atoms with E-state index in [0.29, 0.717) is 12.7 Å². The van der Waals surface area contributed by atoms with Gasteiger partial charge in [0, 0.05) is 0 Å². The highest BCUT2D eigenvalue weighted by molar-refractivity contribution is 7.69. The van der Waals surface area contributed by atoms with Crippen molar-refractivity contribution in [2.45, 2.75) is 12.5 Å². The molecule has 0 heterocycles. The van der Waals surface area contributed by atoms with Gasteiger partial charge < -0.3 is 4.74 Å². The molecule has 0 aliphatic rings. The number of hydrogen-bond donors (Lipinski definition) is 0. The minimum Gasteiger partial charge on any atom is -0.494 e. The number of halogens is 6. The highest BCUT2D eigenvalue weighted by Gasteiger charge is 2.27. The van der Waals surface area contributed by atoms with Crippen LogP contribution in [0.3, 0.4) is 0 Å². The first-order valence-corrected chi connectivity index (χ1v) is 17.3. The first-order valence-electron chi connectivity index (χ1n) is 7.05. The Balaban J connectivity index is 0.000000254. The average molecular weight is 481 g/mol. The van der Waals surface area contributed by atoms with Crippen LogP contribution in [0.2, 0.25) is 6.04 Å². The van der Waals surface area contributed by atoms with Gasteiger partial charge in [-0.05, 0) is 29.8 Å². The summed E-state index contributed by atoms with van der Waals surface area (Å²) in [6.07, 6.45) is 0.789. The number of para-hydroxylation sites is 1. The van der Waals surface area contributed by atoms with Gasteiger partial charge in [-0.3, -0.25) is 0 Å². The Morgan fingerprint density at radius 3 is 1.62 bits per heavy atom. The molecule has 2 aromatic rings. The fraction of sp³-hybridized carbons (Fsp3) is 0.200. The fourth-order valence-electron chi connectivity index (χ4n) is 1.61. The van der Waals surface area contributed by atoms with E-state index in [0.717, 1.165) is 17.4 Å². The topological polar surface area (TPSA) is 9.23 Å².